The van der Waals surface area contributed by atoms with Gasteiger partial charge in [-0.1, -0.05) is 17.7 Å². The molecule has 2 N–H and O–H groups in total. The van der Waals surface area contributed by atoms with Crippen LogP contribution < -0.4 is 10.6 Å². The lowest BCUT2D eigenvalue weighted by Crippen LogP contribution is -2.35. The van der Waals surface area contributed by atoms with Crippen LogP contribution >= 0.6 is 23.4 Å². The quantitative estimate of drug-likeness (QED) is 0.513. The summed E-state index contributed by atoms with van der Waals surface area (Å²) < 4.78 is 77.8. The lowest BCUT2D eigenvalue weighted by molar-refractivity contribution is -0.0328. The fourth-order valence-corrected chi connectivity index (χ4v) is 2.71. The summed E-state index contributed by atoms with van der Waals surface area (Å²) in [6, 6.07) is 2.32. The zero-order valence-corrected chi connectivity index (χ0v) is 14.3. The van der Waals surface area contributed by atoms with E-state index < -0.39 is 67.8 Å². The molecule has 2 rings (SSSR count). The Kier molecular flexibility index (Phi) is 6.26. The SMILES string of the molecule is O=C(NC(=O)c1c(F)cccc1F)Nc1cc(Cl)c(SC(F)(F)F)cc1F. The zero-order chi connectivity index (χ0) is 20.4. The summed E-state index contributed by atoms with van der Waals surface area (Å²) in [6.45, 7) is 0. The highest BCUT2D eigenvalue weighted by molar-refractivity contribution is 8.00. The number of nitrogens with one attached hydrogen (secondary N) is 2. The van der Waals surface area contributed by atoms with E-state index in [0.717, 1.165) is 18.2 Å². The van der Waals surface area contributed by atoms with Crippen molar-refractivity contribution < 1.29 is 35.9 Å². The molecule has 4 nitrogen and oxygen atoms in total. The number of imide groups is 1. The lowest BCUT2D eigenvalue weighted by Gasteiger charge is -2.12. The maximum Gasteiger partial charge on any atom is 0.446 e. The second kappa shape index (κ2) is 8.09. The third-order valence-corrected chi connectivity index (χ3v) is 4.13. The van der Waals surface area contributed by atoms with Crippen LogP contribution in [0.1, 0.15) is 10.4 Å². The van der Waals surface area contributed by atoms with Gasteiger partial charge in [-0.25, -0.2) is 18.0 Å². The largest absolute Gasteiger partial charge is 0.446 e. The Balaban J connectivity index is 2.14. The van der Waals surface area contributed by atoms with E-state index in [4.69, 9.17) is 11.6 Å². The third kappa shape index (κ3) is 5.54. The summed E-state index contributed by atoms with van der Waals surface area (Å²) in [5.41, 5.74) is -6.40. The van der Waals surface area contributed by atoms with Crippen molar-refractivity contribution in [2.24, 2.45) is 0 Å². The molecule has 0 atom stereocenters. The summed E-state index contributed by atoms with van der Waals surface area (Å²) >= 11 is 4.95. The molecule has 0 saturated carbocycles. The van der Waals surface area contributed by atoms with Crippen LogP contribution in [0.15, 0.2) is 35.2 Å². The van der Waals surface area contributed by atoms with E-state index in [1.54, 1.807) is 5.32 Å². The topological polar surface area (TPSA) is 58.2 Å². The first-order valence-electron chi connectivity index (χ1n) is 6.79. The first-order chi connectivity index (χ1) is 12.5. The number of carbonyl (C=O) groups excluding carboxylic acids is 2. The fraction of sp³-hybridized carbons (Fsp3) is 0.0667. The zero-order valence-electron chi connectivity index (χ0n) is 12.8. The summed E-state index contributed by atoms with van der Waals surface area (Å²) in [5.74, 6) is -5.18. The number of urea groups is 1. The van der Waals surface area contributed by atoms with E-state index >= 15 is 0 Å². The second-order valence-corrected chi connectivity index (χ2v) is 6.33. The number of alkyl halides is 3. The Morgan fingerprint density at radius 3 is 2.15 bits per heavy atom. The van der Waals surface area contributed by atoms with Crippen molar-refractivity contribution in [2.75, 3.05) is 5.32 Å². The van der Waals surface area contributed by atoms with E-state index in [2.05, 4.69) is 0 Å². The van der Waals surface area contributed by atoms with Gasteiger partial charge in [-0.3, -0.25) is 10.1 Å². The van der Waals surface area contributed by atoms with E-state index in [9.17, 15) is 35.9 Å². The molecule has 0 spiro atoms. The van der Waals surface area contributed by atoms with Crippen molar-refractivity contribution in [3.63, 3.8) is 0 Å². The fourth-order valence-electron chi connectivity index (χ4n) is 1.86. The Labute approximate surface area is 156 Å². The molecule has 0 aliphatic carbocycles. The standard InChI is InChI=1S/C15H7ClF6N2O2S/c16-6-4-10(9(19)5-11(6)27-15(20,21)22)23-14(26)24-13(25)12-7(17)2-1-3-8(12)18/h1-5H,(H2,23,24,25,26). The van der Waals surface area contributed by atoms with Crippen LogP contribution in [0.3, 0.4) is 0 Å². The molecule has 27 heavy (non-hydrogen) atoms. The average Bonchev–Trinajstić information content (AvgIpc) is 2.50. The number of hydrogen-bond donors (Lipinski definition) is 2. The van der Waals surface area contributed by atoms with Gasteiger partial charge >= 0.3 is 11.5 Å². The minimum Gasteiger partial charge on any atom is -0.305 e. The normalized spacial score (nSPS) is 11.2. The molecule has 0 aromatic heterocycles. The molecule has 0 saturated heterocycles. The third-order valence-electron chi connectivity index (χ3n) is 2.91. The van der Waals surface area contributed by atoms with Gasteiger partial charge in [0.2, 0.25) is 0 Å². The molecule has 0 aliphatic heterocycles. The number of thioether (sulfide) groups is 1. The predicted octanol–water partition coefficient (Wildman–Crippen LogP) is 5.33. The van der Waals surface area contributed by atoms with Gasteiger partial charge in [0.25, 0.3) is 5.91 Å². The maximum atomic E-state index is 13.9. The molecule has 144 valence electrons. The van der Waals surface area contributed by atoms with Gasteiger partial charge in [0.1, 0.15) is 23.0 Å². The Bertz CT molecular complexity index is 886. The number of benzene rings is 2. The van der Waals surface area contributed by atoms with Gasteiger partial charge in [0.05, 0.1) is 10.7 Å². The Morgan fingerprint density at radius 2 is 1.59 bits per heavy atom. The lowest BCUT2D eigenvalue weighted by atomic mass is 10.2. The minimum atomic E-state index is -4.71. The van der Waals surface area contributed by atoms with E-state index in [1.807, 2.05) is 5.32 Å². The maximum absolute atomic E-state index is 13.9. The van der Waals surface area contributed by atoms with Gasteiger partial charge in [0.15, 0.2) is 0 Å². The molecule has 2 aromatic rings. The van der Waals surface area contributed by atoms with Gasteiger partial charge in [0, 0.05) is 4.90 Å². The highest BCUT2D eigenvalue weighted by Crippen LogP contribution is 2.41. The monoisotopic (exact) mass is 428 g/mol. The summed E-state index contributed by atoms with van der Waals surface area (Å²) in [4.78, 5) is 22.8. The number of hydrogen-bond acceptors (Lipinski definition) is 3. The highest BCUT2D eigenvalue weighted by Gasteiger charge is 2.31. The molecule has 0 fully saturated rings. The van der Waals surface area contributed by atoms with Crippen molar-refractivity contribution >= 4 is 41.0 Å². The molecule has 12 heteroatoms. The van der Waals surface area contributed by atoms with E-state index in [0.29, 0.717) is 12.1 Å². The van der Waals surface area contributed by atoms with Crippen LogP contribution in [0.4, 0.5) is 36.8 Å². The number of anilines is 1. The van der Waals surface area contributed by atoms with Gasteiger partial charge in [-0.05, 0) is 36.0 Å². The van der Waals surface area contributed by atoms with Gasteiger partial charge < -0.3 is 5.32 Å². The first-order valence-corrected chi connectivity index (χ1v) is 7.98. The Morgan fingerprint density at radius 1 is 1.00 bits per heavy atom. The van der Waals surface area contributed by atoms with E-state index in [-0.39, 0.29) is 0 Å². The summed E-state index contributed by atoms with van der Waals surface area (Å²) in [5, 5.41) is 2.86. The number of carbonyl (C=O) groups is 2. The van der Waals surface area contributed by atoms with Crippen LogP contribution in [0.2, 0.25) is 5.02 Å². The molecule has 0 bridgehead atoms. The van der Waals surface area contributed by atoms with Crippen molar-refractivity contribution in [1.29, 1.82) is 0 Å². The van der Waals surface area contributed by atoms with Crippen LogP contribution in [-0.2, 0) is 0 Å². The number of amides is 3. The average molecular weight is 429 g/mol. The Hall–Kier alpha value is -2.40. The molecule has 2 aromatic carbocycles. The molecule has 0 radical (unpaired) electrons. The van der Waals surface area contributed by atoms with Crippen molar-refractivity contribution in [3.05, 3.63) is 58.4 Å². The molecular weight excluding hydrogens is 422 g/mol. The van der Waals surface area contributed by atoms with Crippen molar-refractivity contribution in [2.45, 2.75) is 10.4 Å². The van der Waals surface area contributed by atoms with Crippen LogP contribution in [-0.4, -0.2) is 17.4 Å². The van der Waals surface area contributed by atoms with Crippen molar-refractivity contribution in [3.8, 4) is 0 Å². The summed E-state index contributed by atoms with van der Waals surface area (Å²) in [7, 11) is 0. The number of rotatable bonds is 3. The number of halogens is 7. The predicted molar refractivity (Wildman–Crippen MR) is 86.2 cm³/mol. The molecule has 3 amide bonds. The smallest absolute Gasteiger partial charge is 0.305 e. The first kappa shape index (κ1) is 20.9. The molecule has 0 unspecified atom stereocenters. The van der Waals surface area contributed by atoms with Crippen LogP contribution in [0.25, 0.3) is 0 Å². The second-order valence-electron chi connectivity index (χ2n) is 4.82. The molecule has 0 aliphatic rings. The van der Waals surface area contributed by atoms with E-state index in [1.165, 1.54) is 0 Å². The summed E-state index contributed by atoms with van der Waals surface area (Å²) in [6.07, 6.45) is 0. The molecule has 0 heterocycles. The highest BCUT2D eigenvalue weighted by atomic mass is 35.5. The van der Waals surface area contributed by atoms with Crippen molar-refractivity contribution in [1.82, 2.24) is 5.32 Å². The van der Waals surface area contributed by atoms with Crippen LogP contribution in [0.5, 0.6) is 0 Å². The van der Waals surface area contributed by atoms with Gasteiger partial charge in [-0.15, -0.1) is 0 Å². The van der Waals surface area contributed by atoms with Gasteiger partial charge in [-0.2, -0.15) is 13.2 Å². The molecular formula is C15H7ClF6N2O2S. The minimum absolute atomic E-state index is 0.439. The van der Waals surface area contributed by atoms with Crippen LogP contribution in [0, 0.1) is 17.5 Å².